The highest BCUT2D eigenvalue weighted by atomic mass is 35.5. The second-order valence-corrected chi connectivity index (χ2v) is 9.69. The van der Waals surface area contributed by atoms with Crippen molar-refractivity contribution in [1.82, 2.24) is 14.9 Å². The Bertz CT molecular complexity index is 1100. The van der Waals surface area contributed by atoms with Crippen molar-refractivity contribution in [2.24, 2.45) is 5.73 Å². The first-order valence-corrected chi connectivity index (χ1v) is 11.4. The van der Waals surface area contributed by atoms with Crippen LogP contribution in [-0.2, 0) is 16.8 Å². The van der Waals surface area contributed by atoms with Gasteiger partial charge in [0.2, 0.25) is 5.91 Å². The molecule has 1 aliphatic carbocycles. The van der Waals surface area contributed by atoms with Gasteiger partial charge >= 0.3 is 0 Å². The molecule has 1 fully saturated rings. The molecule has 8 nitrogen and oxygen atoms in total. The Morgan fingerprint density at radius 3 is 2.56 bits per heavy atom. The van der Waals surface area contributed by atoms with Crippen molar-refractivity contribution in [1.29, 1.82) is 5.41 Å². The van der Waals surface area contributed by atoms with Gasteiger partial charge in [-0.3, -0.25) is 19.6 Å². The van der Waals surface area contributed by atoms with Crippen LogP contribution in [0.25, 0.3) is 0 Å². The molecule has 1 aliphatic heterocycles. The van der Waals surface area contributed by atoms with Crippen LogP contribution in [0.3, 0.4) is 0 Å². The predicted molar refractivity (Wildman–Crippen MR) is 125 cm³/mol. The standard InChI is InChI=1S/C23H29ClN6O2/c1-23(2)11-16(21(31)27-12-13-7-9-14(10-8-13)19(25)26)30-17(23)18(24)29-20(22(30)32)28-15-5-3-4-6-15/h7-10,15-16H,3-6,11-12H2,1-2H3,(H3,25,26)(H,27,31)(H,28,29)/t16-/m0/s1. The quantitative estimate of drug-likeness (QED) is 0.392. The number of anilines is 1. The number of carbonyl (C=O) groups excluding carboxylic acids is 1. The minimum Gasteiger partial charge on any atom is -0.384 e. The van der Waals surface area contributed by atoms with Crippen LogP contribution in [0.2, 0.25) is 5.15 Å². The van der Waals surface area contributed by atoms with Gasteiger partial charge in [0.05, 0.1) is 5.69 Å². The second kappa shape index (κ2) is 8.58. The Kier molecular flexibility index (Phi) is 5.99. The van der Waals surface area contributed by atoms with Gasteiger partial charge in [-0.05, 0) is 24.8 Å². The number of amidine groups is 1. The van der Waals surface area contributed by atoms with Crippen molar-refractivity contribution < 1.29 is 4.79 Å². The van der Waals surface area contributed by atoms with E-state index in [4.69, 9.17) is 22.7 Å². The number of carbonyl (C=O) groups is 1. The summed E-state index contributed by atoms with van der Waals surface area (Å²) in [5, 5.41) is 13.9. The Hall–Kier alpha value is -2.87. The molecule has 32 heavy (non-hydrogen) atoms. The topological polar surface area (TPSA) is 126 Å². The van der Waals surface area contributed by atoms with E-state index in [9.17, 15) is 9.59 Å². The second-order valence-electron chi connectivity index (χ2n) is 9.33. The fraction of sp³-hybridized carbons (Fsp3) is 0.478. The maximum atomic E-state index is 13.3. The number of nitrogens with one attached hydrogen (secondary N) is 3. The van der Waals surface area contributed by atoms with Gasteiger partial charge in [-0.15, -0.1) is 0 Å². The highest BCUT2D eigenvalue weighted by Gasteiger charge is 2.44. The molecule has 4 rings (SSSR count). The highest BCUT2D eigenvalue weighted by molar-refractivity contribution is 6.30. The van der Waals surface area contributed by atoms with E-state index in [1.807, 2.05) is 26.0 Å². The van der Waals surface area contributed by atoms with Crippen LogP contribution in [0.15, 0.2) is 29.1 Å². The van der Waals surface area contributed by atoms with E-state index in [0.717, 1.165) is 31.2 Å². The van der Waals surface area contributed by atoms with Crippen LogP contribution in [0.4, 0.5) is 5.82 Å². The van der Waals surface area contributed by atoms with Crippen LogP contribution in [0, 0.1) is 5.41 Å². The van der Waals surface area contributed by atoms with Gasteiger partial charge in [0.25, 0.3) is 5.56 Å². The number of halogens is 1. The Morgan fingerprint density at radius 1 is 1.28 bits per heavy atom. The van der Waals surface area contributed by atoms with Gasteiger partial charge in [-0.1, -0.05) is 62.6 Å². The lowest BCUT2D eigenvalue weighted by Gasteiger charge is -2.20. The average Bonchev–Trinajstić information content (AvgIpc) is 3.35. The summed E-state index contributed by atoms with van der Waals surface area (Å²) in [6.45, 7) is 4.26. The molecule has 2 aromatic rings. The predicted octanol–water partition coefficient (Wildman–Crippen LogP) is 3.07. The van der Waals surface area contributed by atoms with Gasteiger partial charge < -0.3 is 16.4 Å². The fourth-order valence-electron chi connectivity index (χ4n) is 4.76. The monoisotopic (exact) mass is 456 g/mol. The van der Waals surface area contributed by atoms with E-state index >= 15 is 0 Å². The summed E-state index contributed by atoms with van der Waals surface area (Å²) in [5.74, 6) is -0.0121. The number of amides is 1. The first-order chi connectivity index (χ1) is 15.2. The molecule has 0 spiro atoms. The Balaban J connectivity index is 1.58. The van der Waals surface area contributed by atoms with E-state index < -0.39 is 11.5 Å². The number of hydrogen-bond acceptors (Lipinski definition) is 5. The van der Waals surface area contributed by atoms with Crippen molar-refractivity contribution in [3.8, 4) is 0 Å². The number of nitrogens with zero attached hydrogens (tertiary/aromatic N) is 2. The van der Waals surface area contributed by atoms with E-state index in [1.165, 1.54) is 4.57 Å². The van der Waals surface area contributed by atoms with Gasteiger partial charge in [0, 0.05) is 23.6 Å². The third-order valence-electron chi connectivity index (χ3n) is 6.45. The van der Waals surface area contributed by atoms with Crippen molar-refractivity contribution in [3.05, 3.63) is 56.6 Å². The normalized spacial score (nSPS) is 19.5. The van der Waals surface area contributed by atoms with Crippen LogP contribution < -0.4 is 21.9 Å². The summed E-state index contributed by atoms with van der Waals surface area (Å²) < 4.78 is 1.53. The highest BCUT2D eigenvalue weighted by Crippen LogP contribution is 2.43. The minimum atomic E-state index is -0.659. The summed E-state index contributed by atoms with van der Waals surface area (Å²) in [4.78, 5) is 30.9. The maximum Gasteiger partial charge on any atom is 0.294 e. The Morgan fingerprint density at radius 2 is 1.94 bits per heavy atom. The lowest BCUT2D eigenvalue weighted by atomic mass is 9.87. The molecule has 1 amide bonds. The molecule has 1 atom stereocenters. The molecular weight excluding hydrogens is 428 g/mol. The van der Waals surface area contributed by atoms with E-state index in [2.05, 4.69) is 15.6 Å². The molecule has 0 unspecified atom stereocenters. The first-order valence-electron chi connectivity index (χ1n) is 11.0. The first kappa shape index (κ1) is 22.3. The molecule has 5 N–H and O–H groups in total. The van der Waals surface area contributed by atoms with E-state index in [1.54, 1.807) is 12.1 Å². The summed E-state index contributed by atoms with van der Waals surface area (Å²) in [5.41, 5.74) is 6.84. The number of hydrogen-bond donors (Lipinski definition) is 4. The SMILES string of the molecule is CC1(C)C[C@@H](C(=O)NCc2ccc(C(=N)N)cc2)n2c1c(Cl)nc(NC1CCCC1)c2=O. The zero-order valence-electron chi connectivity index (χ0n) is 18.4. The molecule has 0 bridgehead atoms. The number of aromatic nitrogens is 2. The zero-order valence-corrected chi connectivity index (χ0v) is 19.1. The third kappa shape index (κ3) is 4.24. The van der Waals surface area contributed by atoms with E-state index in [-0.39, 0.29) is 34.3 Å². The van der Waals surface area contributed by atoms with E-state index in [0.29, 0.717) is 24.2 Å². The van der Waals surface area contributed by atoms with Crippen LogP contribution in [-0.4, -0.2) is 27.3 Å². The molecule has 2 aliphatic rings. The molecule has 1 aromatic heterocycles. The van der Waals surface area contributed by atoms with Gasteiger partial charge in [-0.2, -0.15) is 0 Å². The summed E-state index contributed by atoms with van der Waals surface area (Å²) in [6.07, 6.45) is 4.72. The number of fused-ring (bicyclic) bond motifs is 1. The van der Waals surface area contributed by atoms with Crippen LogP contribution in [0.1, 0.15) is 68.8 Å². The minimum absolute atomic E-state index is 0.00254. The van der Waals surface area contributed by atoms with Crippen molar-refractivity contribution >= 4 is 29.2 Å². The molecule has 1 saturated carbocycles. The summed E-state index contributed by atoms with van der Waals surface area (Å²) in [7, 11) is 0. The summed E-state index contributed by atoms with van der Waals surface area (Å²) >= 11 is 6.53. The average molecular weight is 457 g/mol. The number of nitrogens with two attached hydrogens (primary N) is 1. The molecular formula is C23H29ClN6O2. The van der Waals surface area contributed by atoms with Crippen LogP contribution in [0.5, 0.6) is 0 Å². The third-order valence-corrected chi connectivity index (χ3v) is 6.72. The maximum absolute atomic E-state index is 13.3. The lowest BCUT2D eigenvalue weighted by molar-refractivity contribution is -0.124. The fourth-order valence-corrected chi connectivity index (χ4v) is 5.20. The largest absolute Gasteiger partial charge is 0.384 e. The Labute approximate surface area is 192 Å². The molecule has 0 radical (unpaired) electrons. The smallest absolute Gasteiger partial charge is 0.294 e. The lowest BCUT2D eigenvalue weighted by Crippen LogP contribution is -2.37. The van der Waals surface area contributed by atoms with Crippen molar-refractivity contribution in [2.75, 3.05) is 5.32 Å². The number of rotatable bonds is 6. The van der Waals surface area contributed by atoms with Gasteiger partial charge in [0.1, 0.15) is 11.9 Å². The van der Waals surface area contributed by atoms with Crippen molar-refractivity contribution in [3.63, 3.8) is 0 Å². The van der Waals surface area contributed by atoms with Crippen molar-refractivity contribution in [2.45, 2.75) is 70.0 Å². The molecule has 2 heterocycles. The molecule has 9 heteroatoms. The van der Waals surface area contributed by atoms with Crippen LogP contribution >= 0.6 is 11.6 Å². The number of nitrogen functional groups attached to an aromatic ring is 1. The molecule has 170 valence electrons. The zero-order chi connectivity index (χ0) is 23.0. The summed E-state index contributed by atoms with van der Waals surface area (Å²) in [6, 6.07) is 6.68. The number of benzene rings is 1. The molecule has 1 aromatic carbocycles. The van der Waals surface area contributed by atoms with Gasteiger partial charge in [-0.25, -0.2) is 4.98 Å². The molecule has 0 saturated heterocycles. The van der Waals surface area contributed by atoms with Gasteiger partial charge in [0.15, 0.2) is 11.0 Å².